The van der Waals surface area contributed by atoms with Crippen LogP contribution in [-0.2, 0) is 0 Å². The molecule has 1 aliphatic rings. The van der Waals surface area contributed by atoms with E-state index in [2.05, 4.69) is 17.2 Å². The molecule has 2 atom stereocenters. The van der Waals surface area contributed by atoms with Crippen LogP contribution < -0.4 is 11.1 Å². The van der Waals surface area contributed by atoms with E-state index < -0.39 is 0 Å². The summed E-state index contributed by atoms with van der Waals surface area (Å²) in [6.07, 6.45) is 3.34. The van der Waals surface area contributed by atoms with E-state index >= 15 is 0 Å². The van der Waals surface area contributed by atoms with Crippen molar-refractivity contribution in [1.29, 1.82) is 0 Å². The molecule has 2 unspecified atom stereocenters. The SMILES string of the molecule is CC1CCC(NC(=O)c2cc(N)nc(C(C)C)c2)C1. The second-order valence-electron chi connectivity index (χ2n) is 5.95. The number of pyridine rings is 1. The molecule has 0 bridgehead atoms. The van der Waals surface area contributed by atoms with Crippen LogP contribution >= 0.6 is 0 Å². The Balaban J connectivity index is 2.10. The number of hydrogen-bond donors (Lipinski definition) is 2. The highest BCUT2D eigenvalue weighted by atomic mass is 16.1. The van der Waals surface area contributed by atoms with Gasteiger partial charge in [0.25, 0.3) is 5.91 Å². The number of nitrogens with one attached hydrogen (secondary N) is 1. The van der Waals surface area contributed by atoms with Gasteiger partial charge in [-0.15, -0.1) is 0 Å². The second kappa shape index (κ2) is 5.59. The smallest absolute Gasteiger partial charge is 0.251 e. The number of hydrogen-bond acceptors (Lipinski definition) is 3. The Morgan fingerprint density at radius 3 is 2.74 bits per heavy atom. The zero-order chi connectivity index (χ0) is 14.0. The van der Waals surface area contributed by atoms with E-state index in [0.717, 1.165) is 18.5 Å². The Bertz CT molecular complexity index is 470. The van der Waals surface area contributed by atoms with Gasteiger partial charge in [0.15, 0.2) is 0 Å². The van der Waals surface area contributed by atoms with Crippen molar-refractivity contribution in [2.45, 2.75) is 52.0 Å². The largest absolute Gasteiger partial charge is 0.384 e. The lowest BCUT2D eigenvalue weighted by molar-refractivity contribution is 0.0937. The van der Waals surface area contributed by atoms with E-state index in [1.165, 1.54) is 6.42 Å². The summed E-state index contributed by atoms with van der Waals surface area (Å²) in [5, 5.41) is 3.10. The fourth-order valence-electron chi connectivity index (χ4n) is 2.61. The highest BCUT2D eigenvalue weighted by Crippen LogP contribution is 2.25. The molecule has 1 aliphatic carbocycles. The van der Waals surface area contributed by atoms with E-state index in [1.54, 1.807) is 6.07 Å². The highest BCUT2D eigenvalue weighted by molar-refractivity contribution is 5.95. The van der Waals surface area contributed by atoms with Gasteiger partial charge in [-0.05, 0) is 43.2 Å². The molecule has 1 aromatic heterocycles. The second-order valence-corrected chi connectivity index (χ2v) is 5.95. The molecule has 1 heterocycles. The summed E-state index contributed by atoms with van der Waals surface area (Å²) in [4.78, 5) is 16.5. The van der Waals surface area contributed by atoms with Gasteiger partial charge in [0, 0.05) is 17.3 Å². The molecule has 4 nitrogen and oxygen atoms in total. The first-order valence-corrected chi connectivity index (χ1v) is 7.04. The summed E-state index contributed by atoms with van der Waals surface area (Å²) in [7, 11) is 0. The molecule has 0 aliphatic heterocycles. The van der Waals surface area contributed by atoms with Crippen LogP contribution in [0.15, 0.2) is 12.1 Å². The minimum absolute atomic E-state index is 0.0323. The van der Waals surface area contributed by atoms with Crippen LogP contribution in [-0.4, -0.2) is 16.9 Å². The van der Waals surface area contributed by atoms with Crippen molar-refractivity contribution in [1.82, 2.24) is 10.3 Å². The summed E-state index contributed by atoms with van der Waals surface area (Å²) in [5.74, 6) is 1.35. The molecule has 2 rings (SSSR count). The zero-order valence-corrected chi connectivity index (χ0v) is 11.9. The number of nitrogen functional groups attached to an aromatic ring is 1. The Morgan fingerprint density at radius 2 is 2.16 bits per heavy atom. The van der Waals surface area contributed by atoms with Crippen molar-refractivity contribution >= 4 is 11.7 Å². The topological polar surface area (TPSA) is 68.0 Å². The van der Waals surface area contributed by atoms with E-state index in [1.807, 2.05) is 19.9 Å². The highest BCUT2D eigenvalue weighted by Gasteiger charge is 2.23. The first kappa shape index (κ1) is 13.8. The van der Waals surface area contributed by atoms with Gasteiger partial charge >= 0.3 is 0 Å². The average Bonchev–Trinajstić information content (AvgIpc) is 2.73. The van der Waals surface area contributed by atoms with Crippen molar-refractivity contribution in [3.8, 4) is 0 Å². The normalized spacial score (nSPS) is 22.7. The number of nitrogens with two attached hydrogens (primary N) is 1. The third-order valence-corrected chi connectivity index (χ3v) is 3.75. The molecule has 3 N–H and O–H groups in total. The minimum atomic E-state index is -0.0323. The van der Waals surface area contributed by atoms with Crippen molar-refractivity contribution < 1.29 is 4.79 Å². The van der Waals surface area contributed by atoms with Crippen LogP contribution in [0.4, 0.5) is 5.82 Å². The van der Waals surface area contributed by atoms with E-state index in [9.17, 15) is 4.79 Å². The fraction of sp³-hybridized carbons (Fsp3) is 0.600. The number of aromatic nitrogens is 1. The molecule has 1 amide bonds. The predicted octanol–water partition coefficient (Wildman–Crippen LogP) is 2.71. The summed E-state index contributed by atoms with van der Waals surface area (Å²) in [6, 6.07) is 3.80. The van der Waals surface area contributed by atoms with Crippen LogP contribution in [0.3, 0.4) is 0 Å². The molecule has 104 valence electrons. The summed E-state index contributed by atoms with van der Waals surface area (Å²) in [6.45, 7) is 6.32. The molecule has 1 aromatic rings. The van der Waals surface area contributed by atoms with Gasteiger partial charge in [-0.1, -0.05) is 20.8 Å². The van der Waals surface area contributed by atoms with Gasteiger partial charge in [-0.3, -0.25) is 4.79 Å². The van der Waals surface area contributed by atoms with Crippen LogP contribution in [0.5, 0.6) is 0 Å². The molecular formula is C15H23N3O. The van der Waals surface area contributed by atoms with Crippen molar-refractivity contribution in [3.63, 3.8) is 0 Å². The maximum Gasteiger partial charge on any atom is 0.251 e. The third kappa shape index (κ3) is 3.46. The van der Waals surface area contributed by atoms with Crippen molar-refractivity contribution in [2.75, 3.05) is 5.73 Å². The maximum absolute atomic E-state index is 12.2. The quantitative estimate of drug-likeness (QED) is 0.879. The molecular weight excluding hydrogens is 238 g/mol. The van der Waals surface area contributed by atoms with Crippen LogP contribution in [0.25, 0.3) is 0 Å². The summed E-state index contributed by atoms with van der Waals surface area (Å²) in [5.41, 5.74) is 7.26. The van der Waals surface area contributed by atoms with E-state index in [4.69, 9.17) is 5.73 Å². The monoisotopic (exact) mass is 261 g/mol. The number of rotatable bonds is 3. The van der Waals surface area contributed by atoms with Crippen LogP contribution in [0, 0.1) is 5.92 Å². The molecule has 19 heavy (non-hydrogen) atoms. The van der Waals surface area contributed by atoms with Gasteiger partial charge in [-0.25, -0.2) is 4.98 Å². The lowest BCUT2D eigenvalue weighted by Crippen LogP contribution is -2.33. The first-order chi connectivity index (χ1) is 8.95. The standard InChI is InChI=1S/C15H23N3O/c1-9(2)13-7-11(8-14(16)18-13)15(19)17-12-5-4-10(3)6-12/h7-10,12H,4-6H2,1-3H3,(H2,16,18)(H,17,19). The Morgan fingerprint density at radius 1 is 1.42 bits per heavy atom. The number of amides is 1. The average molecular weight is 261 g/mol. The zero-order valence-electron chi connectivity index (χ0n) is 11.9. The molecule has 0 radical (unpaired) electrons. The number of nitrogens with zero attached hydrogens (tertiary/aromatic N) is 1. The number of carbonyl (C=O) groups excluding carboxylic acids is 1. The molecule has 0 spiro atoms. The first-order valence-electron chi connectivity index (χ1n) is 7.04. The Labute approximate surface area is 114 Å². The lowest BCUT2D eigenvalue weighted by atomic mass is 10.1. The van der Waals surface area contributed by atoms with Crippen LogP contribution in [0.1, 0.15) is 62.0 Å². The van der Waals surface area contributed by atoms with E-state index in [0.29, 0.717) is 23.3 Å². The predicted molar refractivity (Wildman–Crippen MR) is 77.0 cm³/mol. The summed E-state index contributed by atoms with van der Waals surface area (Å²) >= 11 is 0. The number of anilines is 1. The minimum Gasteiger partial charge on any atom is -0.384 e. The van der Waals surface area contributed by atoms with Crippen molar-refractivity contribution in [2.24, 2.45) is 5.92 Å². The Hall–Kier alpha value is -1.58. The summed E-state index contributed by atoms with van der Waals surface area (Å²) < 4.78 is 0. The fourth-order valence-corrected chi connectivity index (χ4v) is 2.61. The van der Waals surface area contributed by atoms with E-state index in [-0.39, 0.29) is 11.8 Å². The number of carbonyl (C=O) groups is 1. The van der Waals surface area contributed by atoms with Crippen molar-refractivity contribution in [3.05, 3.63) is 23.4 Å². The molecule has 1 fully saturated rings. The lowest BCUT2D eigenvalue weighted by Gasteiger charge is -2.14. The third-order valence-electron chi connectivity index (χ3n) is 3.75. The van der Waals surface area contributed by atoms with Crippen LogP contribution in [0.2, 0.25) is 0 Å². The maximum atomic E-state index is 12.2. The van der Waals surface area contributed by atoms with Gasteiger partial charge in [0.1, 0.15) is 5.82 Å². The van der Waals surface area contributed by atoms with Gasteiger partial charge in [0.2, 0.25) is 0 Å². The molecule has 0 saturated heterocycles. The van der Waals surface area contributed by atoms with Gasteiger partial charge < -0.3 is 11.1 Å². The van der Waals surface area contributed by atoms with Gasteiger partial charge in [0.05, 0.1) is 0 Å². The van der Waals surface area contributed by atoms with Gasteiger partial charge in [-0.2, -0.15) is 0 Å². The Kier molecular flexibility index (Phi) is 4.08. The molecule has 4 heteroatoms. The molecule has 1 saturated carbocycles. The molecule has 0 aromatic carbocycles.